The zero-order valence-corrected chi connectivity index (χ0v) is 24.3. The smallest absolute Gasteiger partial charge is 0.263 e. The van der Waals surface area contributed by atoms with E-state index in [0.29, 0.717) is 34.0 Å². The molecular formula is C31H23B2N8O2S. The standard InChI is InChI=1S/C31H23B2N8O2S/c1-33-25-19-35-40-28(16-26(38-31(25)40)20-8-4-2-5-9-20)36-22-12-14-23(15-13-22)44(42,43)39-29-17-27(21-10-6-3-7-11-21)37-30-24(32)18-34-41(29)30/h2-19,36,39H,1H3. The van der Waals surface area contributed by atoms with E-state index in [1.54, 1.807) is 28.9 Å². The lowest BCUT2D eigenvalue weighted by atomic mass is 9.75. The van der Waals surface area contributed by atoms with E-state index in [1.165, 1.54) is 22.8 Å². The van der Waals surface area contributed by atoms with E-state index in [9.17, 15) is 8.42 Å². The molecule has 44 heavy (non-hydrogen) atoms. The minimum absolute atomic E-state index is 0.0706. The van der Waals surface area contributed by atoms with Gasteiger partial charge in [-0.15, -0.1) is 0 Å². The molecule has 0 bridgehead atoms. The van der Waals surface area contributed by atoms with E-state index in [1.807, 2.05) is 80.8 Å². The van der Waals surface area contributed by atoms with Crippen molar-refractivity contribution in [3.05, 3.63) is 109 Å². The zero-order valence-electron chi connectivity index (χ0n) is 23.5. The summed E-state index contributed by atoms with van der Waals surface area (Å²) in [6, 6.07) is 29.3. The van der Waals surface area contributed by atoms with Crippen LogP contribution in [0.25, 0.3) is 33.8 Å². The van der Waals surface area contributed by atoms with Crippen LogP contribution in [0.4, 0.5) is 17.3 Å². The third-order valence-electron chi connectivity index (χ3n) is 7.12. The number of rotatable bonds is 8. The highest BCUT2D eigenvalue weighted by Crippen LogP contribution is 2.27. The molecule has 0 saturated carbocycles. The summed E-state index contributed by atoms with van der Waals surface area (Å²) in [6.45, 7) is 1.94. The quantitative estimate of drug-likeness (QED) is 0.257. The zero-order chi connectivity index (χ0) is 30.3. The van der Waals surface area contributed by atoms with Crippen LogP contribution < -0.4 is 21.0 Å². The van der Waals surface area contributed by atoms with Gasteiger partial charge in [0.25, 0.3) is 10.0 Å². The number of hydrogen-bond donors (Lipinski definition) is 2. The Morgan fingerprint density at radius 1 is 0.727 bits per heavy atom. The molecule has 0 fully saturated rings. The van der Waals surface area contributed by atoms with Crippen molar-refractivity contribution in [2.24, 2.45) is 0 Å². The van der Waals surface area contributed by atoms with E-state index in [4.69, 9.17) is 12.8 Å². The van der Waals surface area contributed by atoms with Gasteiger partial charge in [-0.1, -0.05) is 67.5 Å². The van der Waals surface area contributed by atoms with Crippen LogP contribution in [-0.4, -0.2) is 52.7 Å². The van der Waals surface area contributed by atoms with Gasteiger partial charge < -0.3 is 5.32 Å². The highest BCUT2D eigenvalue weighted by Gasteiger charge is 2.19. The Morgan fingerprint density at radius 3 is 1.93 bits per heavy atom. The summed E-state index contributed by atoms with van der Waals surface area (Å²) in [5.41, 5.74) is 6.08. The van der Waals surface area contributed by atoms with E-state index < -0.39 is 10.0 Å². The van der Waals surface area contributed by atoms with Crippen LogP contribution in [0.2, 0.25) is 6.82 Å². The maximum absolute atomic E-state index is 13.5. The summed E-state index contributed by atoms with van der Waals surface area (Å²) < 4.78 is 32.8. The first-order chi connectivity index (χ1) is 21.4. The third-order valence-corrected chi connectivity index (χ3v) is 8.49. The topological polar surface area (TPSA) is 119 Å². The van der Waals surface area contributed by atoms with Gasteiger partial charge in [-0.2, -0.15) is 19.2 Å². The SMILES string of the molecule is [B]c1cnn2c(NS(=O)(=O)c3ccc(Nc4cc(-c5ccccc5)nc5c([B]C)cnn45)cc3)cc(-c3ccccc3)nc12. The number of aromatic nitrogens is 6. The van der Waals surface area contributed by atoms with Gasteiger partial charge in [0.2, 0.25) is 0 Å². The van der Waals surface area contributed by atoms with Gasteiger partial charge in [-0.05, 0) is 35.2 Å². The molecule has 4 heterocycles. The van der Waals surface area contributed by atoms with Gasteiger partial charge in [0.05, 0.1) is 16.3 Å². The summed E-state index contributed by atoms with van der Waals surface area (Å²) in [7, 11) is 4.05. The van der Waals surface area contributed by atoms with E-state index in [-0.39, 0.29) is 10.7 Å². The largest absolute Gasteiger partial charge is 0.340 e. The molecule has 0 unspecified atom stereocenters. The maximum Gasteiger partial charge on any atom is 0.263 e. The number of sulfonamides is 1. The molecule has 0 saturated heterocycles. The molecular weight excluding hydrogens is 570 g/mol. The normalized spacial score (nSPS) is 11.6. The molecule has 0 aliphatic rings. The molecule has 0 spiro atoms. The lowest BCUT2D eigenvalue weighted by Crippen LogP contribution is -2.17. The molecule has 211 valence electrons. The highest BCUT2D eigenvalue weighted by atomic mass is 32.2. The Hall–Kier alpha value is -5.42. The van der Waals surface area contributed by atoms with Crippen LogP contribution in [0.15, 0.2) is 114 Å². The average Bonchev–Trinajstić information content (AvgIpc) is 3.65. The third kappa shape index (κ3) is 5.07. The van der Waals surface area contributed by atoms with Crippen molar-refractivity contribution >= 4 is 64.7 Å². The second-order valence-electron chi connectivity index (χ2n) is 10.00. The van der Waals surface area contributed by atoms with Crippen LogP contribution >= 0.6 is 0 Å². The Labute approximate surface area is 255 Å². The van der Waals surface area contributed by atoms with Gasteiger partial charge >= 0.3 is 0 Å². The molecule has 3 aromatic carbocycles. The van der Waals surface area contributed by atoms with Crippen LogP contribution in [0, 0.1) is 0 Å². The lowest BCUT2D eigenvalue weighted by Gasteiger charge is -2.13. The van der Waals surface area contributed by atoms with Gasteiger partial charge in [0.15, 0.2) is 18.6 Å². The summed E-state index contributed by atoms with van der Waals surface area (Å²) in [6.07, 6.45) is 3.20. The van der Waals surface area contributed by atoms with Crippen LogP contribution in [0.3, 0.4) is 0 Å². The van der Waals surface area contributed by atoms with Gasteiger partial charge in [-0.25, -0.2) is 18.4 Å². The second-order valence-corrected chi connectivity index (χ2v) is 11.7. The Kier molecular flexibility index (Phi) is 6.86. The van der Waals surface area contributed by atoms with Crippen molar-refractivity contribution in [2.75, 3.05) is 10.0 Å². The number of nitrogens with one attached hydrogen (secondary N) is 2. The van der Waals surface area contributed by atoms with E-state index in [0.717, 1.165) is 22.3 Å². The fourth-order valence-electron chi connectivity index (χ4n) is 4.90. The molecule has 0 amide bonds. The fraction of sp³-hybridized carbons (Fsp3) is 0.0323. The monoisotopic (exact) mass is 593 g/mol. The summed E-state index contributed by atoms with van der Waals surface area (Å²) >= 11 is 0. The summed E-state index contributed by atoms with van der Waals surface area (Å²) in [4.78, 5) is 9.50. The van der Waals surface area contributed by atoms with Crippen molar-refractivity contribution in [3.8, 4) is 22.5 Å². The minimum atomic E-state index is -4.00. The molecule has 0 aliphatic heterocycles. The van der Waals surface area contributed by atoms with Gasteiger partial charge in [-0.3, -0.25) is 4.72 Å². The van der Waals surface area contributed by atoms with Crippen LogP contribution in [0.5, 0.6) is 0 Å². The van der Waals surface area contributed by atoms with Crippen molar-refractivity contribution in [1.29, 1.82) is 0 Å². The molecule has 0 aliphatic carbocycles. The first-order valence-corrected chi connectivity index (χ1v) is 15.2. The first-order valence-electron chi connectivity index (χ1n) is 13.7. The van der Waals surface area contributed by atoms with Crippen molar-refractivity contribution in [2.45, 2.75) is 11.7 Å². The minimum Gasteiger partial charge on any atom is -0.340 e. The molecule has 3 radical (unpaired) electrons. The van der Waals surface area contributed by atoms with Crippen LogP contribution in [-0.2, 0) is 10.0 Å². The van der Waals surface area contributed by atoms with E-state index >= 15 is 0 Å². The molecule has 2 N–H and O–H groups in total. The van der Waals surface area contributed by atoms with Crippen molar-refractivity contribution < 1.29 is 8.42 Å². The first kappa shape index (κ1) is 27.4. The highest BCUT2D eigenvalue weighted by molar-refractivity contribution is 7.92. The number of benzene rings is 3. The molecule has 0 atom stereocenters. The van der Waals surface area contributed by atoms with Crippen molar-refractivity contribution in [1.82, 2.24) is 29.2 Å². The number of nitrogens with zero attached hydrogens (tertiary/aromatic N) is 6. The fourth-order valence-corrected chi connectivity index (χ4v) is 5.93. The van der Waals surface area contributed by atoms with Crippen molar-refractivity contribution in [3.63, 3.8) is 0 Å². The lowest BCUT2D eigenvalue weighted by molar-refractivity contribution is 0.601. The van der Waals surface area contributed by atoms with Gasteiger partial charge in [0.1, 0.15) is 19.5 Å². The molecule has 7 aromatic rings. The predicted molar refractivity (Wildman–Crippen MR) is 174 cm³/mol. The second kappa shape index (κ2) is 11.0. The van der Waals surface area contributed by atoms with Gasteiger partial charge in [0, 0.05) is 41.3 Å². The Balaban J connectivity index is 1.20. The Morgan fingerprint density at radius 2 is 1.30 bits per heavy atom. The summed E-state index contributed by atoms with van der Waals surface area (Å²) in [5, 5.41) is 12.1. The van der Waals surface area contributed by atoms with Crippen LogP contribution in [0.1, 0.15) is 0 Å². The maximum atomic E-state index is 13.5. The number of fused-ring (bicyclic) bond motifs is 2. The average molecular weight is 593 g/mol. The molecule has 7 rings (SSSR count). The molecule has 10 nitrogen and oxygen atoms in total. The summed E-state index contributed by atoms with van der Waals surface area (Å²) in [5.74, 6) is 0.891. The number of anilines is 3. The van der Waals surface area contributed by atoms with E-state index in [2.05, 4.69) is 25.2 Å². The predicted octanol–water partition coefficient (Wildman–Crippen LogP) is 3.82. The Bertz CT molecular complexity index is 2240. The molecule has 13 heteroatoms. The molecule has 4 aromatic heterocycles. The number of hydrogen-bond acceptors (Lipinski definition) is 7.